The second-order valence-electron chi connectivity index (χ2n) is 6.18. The first kappa shape index (κ1) is 22.5. The second-order valence-corrected chi connectivity index (χ2v) is 7.69. The smallest absolute Gasteiger partial charge is 0.191 e. The highest BCUT2D eigenvalue weighted by Crippen LogP contribution is 2.22. The molecule has 1 aromatic carbocycles. The Morgan fingerprint density at radius 2 is 1.89 bits per heavy atom. The lowest BCUT2D eigenvalue weighted by molar-refractivity contribution is 0.761. The van der Waals surface area contributed by atoms with E-state index in [0.717, 1.165) is 43.5 Å². The maximum atomic E-state index is 4.72. The number of nitrogens with one attached hydrogen (secondary N) is 2. The molecule has 2 aromatic heterocycles. The number of benzene rings is 1. The average Bonchev–Trinajstić information content (AvgIpc) is 3.10. The average molecular weight is 510 g/mol. The fraction of sp³-hybridized carbons (Fsp3) is 0.350. The lowest BCUT2D eigenvalue weighted by Gasteiger charge is -2.13. The van der Waals surface area contributed by atoms with E-state index in [0.29, 0.717) is 5.25 Å². The number of guanidine groups is 1. The van der Waals surface area contributed by atoms with Gasteiger partial charge in [-0.2, -0.15) is 0 Å². The van der Waals surface area contributed by atoms with Crippen LogP contribution in [0, 0.1) is 0 Å². The van der Waals surface area contributed by atoms with E-state index in [1.807, 2.05) is 46.6 Å². The first-order valence-electron chi connectivity index (χ1n) is 9.29. The summed E-state index contributed by atoms with van der Waals surface area (Å²) in [5, 5.41) is 15.6. The number of aromatic nitrogens is 3. The molecule has 1 atom stereocenters. The summed E-state index contributed by atoms with van der Waals surface area (Å²) in [6, 6.07) is 16.4. The third kappa shape index (κ3) is 6.66. The Bertz CT molecular complexity index is 867. The molecule has 8 heteroatoms. The Balaban J connectivity index is 0.00000280. The molecule has 6 nitrogen and oxygen atoms in total. The Kier molecular flexibility index (Phi) is 9.56. The zero-order chi connectivity index (χ0) is 18.9. The minimum absolute atomic E-state index is 0. The fourth-order valence-corrected chi connectivity index (χ4v) is 3.61. The molecule has 0 aliphatic heterocycles. The van der Waals surface area contributed by atoms with E-state index in [4.69, 9.17) is 4.99 Å². The summed E-state index contributed by atoms with van der Waals surface area (Å²) in [6.45, 7) is 6.61. The summed E-state index contributed by atoms with van der Waals surface area (Å²) in [4.78, 5) is 6.00. The van der Waals surface area contributed by atoms with Crippen LogP contribution in [0.2, 0.25) is 0 Å². The lowest BCUT2D eigenvalue weighted by Crippen LogP contribution is -2.38. The first-order chi connectivity index (χ1) is 13.3. The highest BCUT2D eigenvalue weighted by Gasteiger charge is 2.07. The van der Waals surface area contributed by atoms with Gasteiger partial charge in [0.1, 0.15) is 5.82 Å². The first-order valence-corrected chi connectivity index (χ1v) is 10.2. The summed E-state index contributed by atoms with van der Waals surface area (Å²) in [5.41, 5.74) is 0.875. The van der Waals surface area contributed by atoms with Crippen molar-refractivity contribution in [3.05, 3.63) is 60.6 Å². The zero-order valence-corrected chi connectivity index (χ0v) is 19.4. The van der Waals surface area contributed by atoms with Gasteiger partial charge >= 0.3 is 0 Å². The van der Waals surface area contributed by atoms with Gasteiger partial charge in [-0.3, -0.25) is 9.39 Å². The van der Waals surface area contributed by atoms with Gasteiger partial charge in [-0.05, 0) is 31.2 Å². The molecule has 0 saturated heterocycles. The largest absolute Gasteiger partial charge is 0.357 e. The maximum Gasteiger partial charge on any atom is 0.191 e. The normalized spacial score (nSPS) is 12.4. The van der Waals surface area contributed by atoms with Crippen molar-refractivity contribution >= 4 is 47.3 Å². The number of rotatable bonds is 8. The Labute approximate surface area is 187 Å². The number of fused-ring (bicyclic) bond motifs is 1. The van der Waals surface area contributed by atoms with E-state index in [1.165, 1.54) is 4.90 Å². The predicted molar refractivity (Wildman–Crippen MR) is 128 cm³/mol. The van der Waals surface area contributed by atoms with Crippen molar-refractivity contribution in [1.82, 2.24) is 25.2 Å². The van der Waals surface area contributed by atoms with Crippen LogP contribution in [0.5, 0.6) is 0 Å². The molecule has 0 fully saturated rings. The minimum Gasteiger partial charge on any atom is -0.357 e. The van der Waals surface area contributed by atoms with Crippen LogP contribution in [0.25, 0.3) is 5.65 Å². The van der Waals surface area contributed by atoms with E-state index in [2.05, 4.69) is 58.9 Å². The van der Waals surface area contributed by atoms with Crippen molar-refractivity contribution in [2.75, 3.05) is 19.6 Å². The molecule has 28 heavy (non-hydrogen) atoms. The second kappa shape index (κ2) is 11.9. The lowest BCUT2D eigenvalue weighted by atomic mass is 10.4. The molecule has 0 aliphatic rings. The molecule has 2 N–H and O–H groups in total. The maximum absolute atomic E-state index is 4.72. The van der Waals surface area contributed by atoms with Crippen LogP contribution in [0.4, 0.5) is 0 Å². The molecular weight excluding hydrogens is 483 g/mol. The van der Waals surface area contributed by atoms with Crippen molar-refractivity contribution in [1.29, 1.82) is 0 Å². The van der Waals surface area contributed by atoms with E-state index in [1.54, 1.807) is 0 Å². The van der Waals surface area contributed by atoms with Crippen LogP contribution < -0.4 is 10.6 Å². The Hall–Kier alpha value is -1.81. The van der Waals surface area contributed by atoms with E-state index in [9.17, 15) is 0 Å². The van der Waals surface area contributed by atoms with Crippen LogP contribution in [0.1, 0.15) is 19.7 Å². The number of pyridine rings is 1. The zero-order valence-electron chi connectivity index (χ0n) is 16.2. The van der Waals surface area contributed by atoms with Gasteiger partial charge in [0.15, 0.2) is 11.6 Å². The molecule has 2 heterocycles. The van der Waals surface area contributed by atoms with Crippen LogP contribution >= 0.6 is 35.7 Å². The van der Waals surface area contributed by atoms with Gasteiger partial charge in [0.05, 0.1) is 6.54 Å². The van der Waals surface area contributed by atoms with Crippen molar-refractivity contribution in [3.63, 3.8) is 0 Å². The molecule has 3 aromatic rings. The summed E-state index contributed by atoms with van der Waals surface area (Å²) in [5.74, 6) is 1.79. The molecule has 1 unspecified atom stereocenters. The number of aliphatic imine (C=N–C) groups is 1. The fourth-order valence-electron chi connectivity index (χ4n) is 2.68. The Morgan fingerprint density at radius 1 is 1.11 bits per heavy atom. The molecule has 0 spiro atoms. The summed E-state index contributed by atoms with van der Waals surface area (Å²) < 4.78 is 2.02. The number of nitrogens with zero attached hydrogens (tertiary/aromatic N) is 4. The van der Waals surface area contributed by atoms with E-state index in [-0.39, 0.29) is 24.0 Å². The highest BCUT2D eigenvalue weighted by atomic mass is 127. The highest BCUT2D eigenvalue weighted by molar-refractivity contribution is 14.0. The van der Waals surface area contributed by atoms with Gasteiger partial charge in [-0.15, -0.1) is 45.9 Å². The number of thioether (sulfide) groups is 1. The van der Waals surface area contributed by atoms with Crippen molar-refractivity contribution in [2.24, 2.45) is 4.99 Å². The molecule has 0 saturated carbocycles. The van der Waals surface area contributed by atoms with E-state index >= 15 is 0 Å². The molecule has 3 rings (SSSR count). The molecule has 150 valence electrons. The SMILES string of the molecule is CCNC(=NCC(C)Sc1ccccc1)NCCc1nnc2ccccn12.I. The summed E-state index contributed by atoms with van der Waals surface area (Å²) in [7, 11) is 0. The van der Waals surface area contributed by atoms with Gasteiger partial charge in [-0.1, -0.05) is 31.2 Å². The minimum atomic E-state index is 0. The van der Waals surface area contributed by atoms with Gasteiger partial charge < -0.3 is 10.6 Å². The topological polar surface area (TPSA) is 66.6 Å². The quantitative estimate of drug-likeness (QED) is 0.210. The molecule has 0 bridgehead atoms. The van der Waals surface area contributed by atoms with Crippen molar-refractivity contribution in [3.8, 4) is 0 Å². The number of hydrogen-bond donors (Lipinski definition) is 2. The van der Waals surface area contributed by atoms with Crippen LogP contribution in [0.15, 0.2) is 64.6 Å². The van der Waals surface area contributed by atoms with Crippen LogP contribution in [-0.4, -0.2) is 45.4 Å². The Morgan fingerprint density at radius 3 is 2.68 bits per heavy atom. The molecule has 0 radical (unpaired) electrons. The number of halogens is 1. The standard InChI is InChI=1S/C20H26N6S.HI/c1-3-21-20(23-15-16(2)27-17-9-5-4-6-10-17)22-13-12-19-25-24-18-11-7-8-14-26(18)19;/h4-11,14,16H,3,12-13,15H2,1-2H3,(H2,21,22,23);1H. The van der Waals surface area contributed by atoms with Gasteiger partial charge in [0, 0.05) is 35.9 Å². The van der Waals surface area contributed by atoms with Crippen molar-refractivity contribution < 1.29 is 0 Å². The third-order valence-electron chi connectivity index (χ3n) is 3.96. The van der Waals surface area contributed by atoms with Gasteiger partial charge in [0.25, 0.3) is 0 Å². The van der Waals surface area contributed by atoms with Gasteiger partial charge in [0.2, 0.25) is 0 Å². The van der Waals surface area contributed by atoms with Gasteiger partial charge in [-0.25, -0.2) is 0 Å². The van der Waals surface area contributed by atoms with E-state index < -0.39 is 0 Å². The third-order valence-corrected chi connectivity index (χ3v) is 5.05. The van der Waals surface area contributed by atoms with Crippen LogP contribution in [0.3, 0.4) is 0 Å². The molecule has 0 aliphatic carbocycles. The molecule has 0 amide bonds. The number of hydrogen-bond acceptors (Lipinski definition) is 4. The molecular formula is C20H27IN6S. The summed E-state index contributed by atoms with van der Waals surface area (Å²) >= 11 is 1.84. The monoisotopic (exact) mass is 510 g/mol. The predicted octanol–water partition coefficient (Wildman–Crippen LogP) is 3.63. The van der Waals surface area contributed by atoms with Crippen molar-refractivity contribution in [2.45, 2.75) is 30.4 Å². The van der Waals surface area contributed by atoms with Crippen LogP contribution in [-0.2, 0) is 6.42 Å². The summed E-state index contributed by atoms with van der Waals surface area (Å²) in [6.07, 6.45) is 2.77.